The van der Waals surface area contributed by atoms with Crippen molar-refractivity contribution in [2.24, 2.45) is 0 Å². The molecule has 0 spiro atoms. The highest BCUT2D eigenvalue weighted by molar-refractivity contribution is 5.82. The summed E-state index contributed by atoms with van der Waals surface area (Å²) >= 11 is 0. The number of benzene rings is 2. The molecule has 182 valence electrons. The third-order valence-corrected chi connectivity index (χ3v) is 5.73. The molecule has 5 aromatic rings. The summed E-state index contributed by atoms with van der Waals surface area (Å²) in [5.74, 6) is 1.83. The first-order chi connectivity index (χ1) is 17.7. The maximum atomic E-state index is 6.24. The number of aromatic nitrogens is 6. The molecule has 9 nitrogen and oxygen atoms in total. The summed E-state index contributed by atoms with van der Waals surface area (Å²) in [7, 11) is 1.64. The van der Waals surface area contributed by atoms with E-state index in [0.717, 1.165) is 39.9 Å². The molecule has 1 N–H and O–H groups in total. The van der Waals surface area contributed by atoms with Crippen LogP contribution in [0.2, 0.25) is 0 Å². The second-order valence-corrected chi connectivity index (χ2v) is 8.10. The number of methoxy groups -OCH3 is 1. The number of tetrazole rings is 1. The fraction of sp³-hybridized carbons (Fsp3) is 0.222. The number of aromatic amines is 1. The standard InChI is InChI=1S/C27H26N6O3/c1-3-20-16-24(26-23(28-20)12-13-25(29-26)35-15-14-34-2)36-17-18-8-10-19(11-9-18)21-6-4-5-7-22(21)27-30-32-33-31-27/h4-13,16H,3,14-15,17H2,1-2H3,(H,30,31,32,33). The average Bonchev–Trinajstić information content (AvgIpc) is 3.47. The first kappa shape index (κ1) is 23.4. The average molecular weight is 483 g/mol. The van der Waals surface area contributed by atoms with E-state index >= 15 is 0 Å². The van der Waals surface area contributed by atoms with Crippen molar-refractivity contribution >= 4 is 11.0 Å². The number of pyridine rings is 2. The number of nitrogens with zero attached hydrogens (tertiary/aromatic N) is 5. The molecule has 9 heteroatoms. The largest absolute Gasteiger partial charge is 0.486 e. The third kappa shape index (κ3) is 5.16. The van der Waals surface area contributed by atoms with Crippen molar-refractivity contribution < 1.29 is 14.2 Å². The van der Waals surface area contributed by atoms with Gasteiger partial charge in [0.05, 0.1) is 12.1 Å². The van der Waals surface area contributed by atoms with Crippen LogP contribution in [0.15, 0.2) is 66.7 Å². The second-order valence-electron chi connectivity index (χ2n) is 8.10. The van der Waals surface area contributed by atoms with Crippen LogP contribution in [0, 0.1) is 0 Å². The molecule has 0 radical (unpaired) electrons. The minimum atomic E-state index is 0.395. The highest BCUT2D eigenvalue weighted by Crippen LogP contribution is 2.31. The summed E-state index contributed by atoms with van der Waals surface area (Å²) in [5, 5.41) is 14.3. The topological polar surface area (TPSA) is 108 Å². The van der Waals surface area contributed by atoms with Crippen molar-refractivity contribution in [3.8, 4) is 34.1 Å². The Morgan fingerprint density at radius 3 is 2.44 bits per heavy atom. The van der Waals surface area contributed by atoms with Crippen LogP contribution < -0.4 is 9.47 Å². The minimum Gasteiger partial charge on any atom is -0.486 e. The monoisotopic (exact) mass is 482 g/mol. The van der Waals surface area contributed by atoms with Crippen LogP contribution in [-0.2, 0) is 17.8 Å². The van der Waals surface area contributed by atoms with E-state index < -0.39 is 0 Å². The lowest BCUT2D eigenvalue weighted by Gasteiger charge is -2.12. The summed E-state index contributed by atoms with van der Waals surface area (Å²) in [6.07, 6.45) is 0.799. The van der Waals surface area contributed by atoms with Crippen molar-refractivity contribution in [3.63, 3.8) is 0 Å². The lowest BCUT2D eigenvalue weighted by atomic mass is 9.98. The molecule has 0 saturated heterocycles. The maximum absolute atomic E-state index is 6.24. The van der Waals surface area contributed by atoms with Crippen LogP contribution in [0.5, 0.6) is 11.6 Å². The molecule has 0 aliphatic carbocycles. The number of H-pyrrole nitrogens is 1. The molecular formula is C27H26N6O3. The maximum Gasteiger partial charge on any atom is 0.214 e. The van der Waals surface area contributed by atoms with Crippen LogP contribution in [0.1, 0.15) is 18.2 Å². The van der Waals surface area contributed by atoms with Gasteiger partial charge in [0.25, 0.3) is 0 Å². The Hall–Kier alpha value is -4.37. The van der Waals surface area contributed by atoms with Crippen LogP contribution in [0.3, 0.4) is 0 Å². The molecule has 0 unspecified atom stereocenters. The minimum absolute atomic E-state index is 0.395. The molecule has 5 rings (SSSR count). The van der Waals surface area contributed by atoms with Gasteiger partial charge >= 0.3 is 0 Å². The van der Waals surface area contributed by atoms with Crippen molar-refractivity contribution in [1.82, 2.24) is 30.6 Å². The van der Waals surface area contributed by atoms with E-state index in [2.05, 4.69) is 67.8 Å². The van der Waals surface area contributed by atoms with Crippen molar-refractivity contribution in [2.45, 2.75) is 20.0 Å². The highest BCUT2D eigenvalue weighted by atomic mass is 16.5. The smallest absolute Gasteiger partial charge is 0.214 e. The number of hydrogen-bond acceptors (Lipinski definition) is 8. The van der Waals surface area contributed by atoms with E-state index in [1.165, 1.54) is 0 Å². The quantitative estimate of drug-likeness (QED) is 0.287. The Bertz CT molecular complexity index is 1440. The zero-order valence-corrected chi connectivity index (χ0v) is 20.1. The summed E-state index contributed by atoms with van der Waals surface area (Å²) in [6, 6.07) is 22.0. The third-order valence-electron chi connectivity index (χ3n) is 5.73. The Labute approximate surface area is 208 Å². The molecule has 0 aliphatic rings. The van der Waals surface area contributed by atoms with E-state index in [4.69, 9.17) is 14.2 Å². The number of aryl methyl sites for hydroxylation is 1. The van der Waals surface area contributed by atoms with Gasteiger partial charge in [-0.25, -0.2) is 10.1 Å². The number of ether oxygens (including phenoxy) is 3. The van der Waals surface area contributed by atoms with Crippen LogP contribution >= 0.6 is 0 Å². The molecule has 3 heterocycles. The molecule has 3 aromatic heterocycles. The number of nitrogens with one attached hydrogen (secondary N) is 1. The predicted molar refractivity (Wildman–Crippen MR) is 136 cm³/mol. The molecule has 0 amide bonds. The van der Waals surface area contributed by atoms with Gasteiger partial charge in [-0.2, -0.15) is 0 Å². The lowest BCUT2D eigenvalue weighted by molar-refractivity contribution is 0.144. The fourth-order valence-corrected chi connectivity index (χ4v) is 3.87. The predicted octanol–water partition coefficient (Wildman–Crippen LogP) is 4.64. The van der Waals surface area contributed by atoms with Crippen LogP contribution in [-0.4, -0.2) is 50.9 Å². The second kappa shape index (κ2) is 10.9. The van der Waals surface area contributed by atoms with Gasteiger partial charge in [-0.15, -0.1) is 5.10 Å². The van der Waals surface area contributed by atoms with Crippen molar-refractivity contribution in [3.05, 3.63) is 78.0 Å². The fourth-order valence-electron chi connectivity index (χ4n) is 3.87. The zero-order chi connectivity index (χ0) is 24.7. The van der Waals surface area contributed by atoms with E-state index in [1.54, 1.807) is 7.11 Å². The van der Waals surface area contributed by atoms with E-state index in [9.17, 15) is 0 Å². The summed E-state index contributed by atoms with van der Waals surface area (Å²) in [4.78, 5) is 9.32. The van der Waals surface area contributed by atoms with Gasteiger partial charge in [-0.1, -0.05) is 55.5 Å². The van der Waals surface area contributed by atoms with Crippen LogP contribution in [0.4, 0.5) is 0 Å². The first-order valence-corrected chi connectivity index (χ1v) is 11.7. The molecule has 0 fully saturated rings. The van der Waals surface area contributed by atoms with Gasteiger partial charge in [0.15, 0.2) is 5.82 Å². The van der Waals surface area contributed by atoms with Gasteiger partial charge < -0.3 is 14.2 Å². The molecule has 2 aromatic carbocycles. The van der Waals surface area contributed by atoms with Crippen molar-refractivity contribution in [2.75, 3.05) is 20.3 Å². The van der Waals surface area contributed by atoms with Gasteiger partial charge in [0.1, 0.15) is 24.5 Å². The normalized spacial score (nSPS) is 11.1. The lowest BCUT2D eigenvalue weighted by Crippen LogP contribution is -2.06. The Kier molecular flexibility index (Phi) is 7.09. The van der Waals surface area contributed by atoms with Crippen LogP contribution in [0.25, 0.3) is 33.5 Å². The highest BCUT2D eigenvalue weighted by Gasteiger charge is 2.12. The van der Waals surface area contributed by atoms with Crippen molar-refractivity contribution in [1.29, 1.82) is 0 Å². The Morgan fingerprint density at radius 1 is 0.861 bits per heavy atom. The molecule has 0 bridgehead atoms. The SMILES string of the molecule is CCc1cc(OCc2ccc(-c3ccccc3-c3nnn[nH]3)cc2)c2nc(OCCOC)ccc2n1. The number of fused-ring (bicyclic) bond motifs is 1. The Morgan fingerprint density at radius 2 is 1.69 bits per heavy atom. The van der Waals surface area contributed by atoms with Gasteiger partial charge in [-0.3, -0.25) is 4.98 Å². The number of rotatable bonds is 10. The molecular weight excluding hydrogens is 456 g/mol. The zero-order valence-electron chi connectivity index (χ0n) is 20.1. The van der Waals surface area contributed by atoms with E-state index in [-0.39, 0.29) is 0 Å². The molecule has 0 saturated carbocycles. The summed E-state index contributed by atoms with van der Waals surface area (Å²) < 4.78 is 17.0. The summed E-state index contributed by atoms with van der Waals surface area (Å²) in [6.45, 7) is 3.38. The Balaban J connectivity index is 1.36. The molecule has 36 heavy (non-hydrogen) atoms. The molecule has 0 aliphatic heterocycles. The van der Waals surface area contributed by atoms with Gasteiger partial charge in [0.2, 0.25) is 5.88 Å². The first-order valence-electron chi connectivity index (χ1n) is 11.7. The number of hydrogen-bond donors (Lipinski definition) is 1. The van der Waals surface area contributed by atoms with Gasteiger partial charge in [0, 0.05) is 30.5 Å². The summed E-state index contributed by atoms with van der Waals surface area (Å²) in [5.41, 5.74) is 6.48. The van der Waals surface area contributed by atoms with E-state index in [1.807, 2.05) is 36.4 Å². The molecule has 0 atom stereocenters. The van der Waals surface area contributed by atoms with Gasteiger partial charge in [-0.05, 0) is 39.6 Å². The van der Waals surface area contributed by atoms with E-state index in [0.29, 0.717) is 42.8 Å².